The van der Waals surface area contributed by atoms with Crippen LogP contribution in [0.25, 0.3) is 0 Å². The van der Waals surface area contributed by atoms with E-state index >= 15 is 0 Å². The lowest BCUT2D eigenvalue weighted by Crippen LogP contribution is -2.35. The molecule has 0 saturated carbocycles. The van der Waals surface area contributed by atoms with Crippen LogP contribution in [0.4, 0.5) is 5.82 Å². The number of oxime groups is 1. The van der Waals surface area contributed by atoms with Gasteiger partial charge in [-0.05, 0) is 24.8 Å². The molecule has 1 aromatic heterocycles. The summed E-state index contributed by atoms with van der Waals surface area (Å²) in [6, 6.07) is 1.72. The molecule has 1 aliphatic rings. The third-order valence-corrected chi connectivity index (χ3v) is 3.17. The molecule has 0 amide bonds. The van der Waals surface area contributed by atoms with Gasteiger partial charge >= 0.3 is 0 Å². The van der Waals surface area contributed by atoms with Crippen molar-refractivity contribution in [3.05, 3.63) is 17.8 Å². The van der Waals surface area contributed by atoms with Crippen molar-refractivity contribution in [3.8, 4) is 0 Å². The van der Waals surface area contributed by atoms with Crippen LogP contribution in [0.2, 0.25) is 0 Å². The van der Waals surface area contributed by atoms with Gasteiger partial charge in [-0.1, -0.05) is 12.1 Å². The number of hydrogen-bond acceptors (Lipinski definition) is 5. The minimum atomic E-state index is 0.0773. The molecule has 3 N–H and O–H groups in total. The van der Waals surface area contributed by atoms with E-state index in [9.17, 15) is 0 Å². The lowest BCUT2D eigenvalue weighted by Gasteiger charge is -2.31. The summed E-state index contributed by atoms with van der Waals surface area (Å²) in [5.41, 5.74) is 6.27. The number of rotatable bonds is 2. The summed E-state index contributed by atoms with van der Waals surface area (Å²) in [5, 5.41) is 19.8. The molecule has 1 aromatic rings. The van der Waals surface area contributed by atoms with Crippen molar-refractivity contribution in [2.45, 2.75) is 19.8 Å². The van der Waals surface area contributed by atoms with Gasteiger partial charge in [0.05, 0.1) is 11.8 Å². The molecule has 1 fully saturated rings. The predicted octanol–water partition coefficient (Wildman–Crippen LogP) is 0.807. The zero-order valence-electron chi connectivity index (χ0n) is 9.87. The van der Waals surface area contributed by atoms with Crippen LogP contribution >= 0.6 is 0 Å². The fourth-order valence-electron chi connectivity index (χ4n) is 2.03. The molecule has 0 spiro atoms. The molecule has 6 heteroatoms. The Morgan fingerprint density at radius 3 is 2.88 bits per heavy atom. The topological polar surface area (TPSA) is 87.6 Å². The molecule has 0 aliphatic carbocycles. The molecule has 0 atom stereocenters. The van der Waals surface area contributed by atoms with E-state index in [-0.39, 0.29) is 5.84 Å². The minimum Gasteiger partial charge on any atom is -0.409 e. The minimum absolute atomic E-state index is 0.0773. The highest BCUT2D eigenvalue weighted by atomic mass is 16.4. The Hall–Kier alpha value is -1.85. The third kappa shape index (κ3) is 2.46. The SMILES string of the molecule is CC1CCN(c2nnccc2/C(N)=N/O)CC1. The summed E-state index contributed by atoms with van der Waals surface area (Å²) in [6.07, 6.45) is 3.81. The second kappa shape index (κ2) is 4.99. The van der Waals surface area contributed by atoms with Crippen molar-refractivity contribution in [3.63, 3.8) is 0 Å². The third-order valence-electron chi connectivity index (χ3n) is 3.17. The molecule has 2 heterocycles. The first-order valence-corrected chi connectivity index (χ1v) is 5.77. The standard InChI is InChI=1S/C11H17N5O/c1-8-3-6-16(7-4-8)11-9(10(12)15-17)2-5-13-14-11/h2,5,8,17H,3-4,6-7H2,1H3,(H2,12,15). The molecule has 6 nitrogen and oxygen atoms in total. The number of hydrogen-bond donors (Lipinski definition) is 2. The number of anilines is 1. The lowest BCUT2D eigenvalue weighted by atomic mass is 9.99. The molecule has 1 aliphatic heterocycles. The summed E-state index contributed by atoms with van der Waals surface area (Å²) >= 11 is 0. The van der Waals surface area contributed by atoms with E-state index in [1.165, 1.54) is 0 Å². The van der Waals surface area contributed by atoms with Gasteiger partial charge in [0.1, 0.15) is 0 Å². The van der Waals surface area contributed by atoms with E-state index < -0.39 is 0 Å². The Morgan fingerprint density at radius 1 is 1.53 bits per heavy atom. The summed E-state index contributed by atoms with van der Waals surface area (Å²) in [6.45, 7) is 4.12. The number of nitrogens with two attached hydrogens (primary N) is 1. The van der Waals surface area contributed by atoms with Gasteiger partial charge in [-0.15, -0.1) is 5.10 Å². The van der Waals surface area contributed by atoms with Gasteiger partial charge in [0, 0.05) is 13.1 Å². The molecule has 92 valence electrons. The quantitative estimate of drug-likeness (QED) is 0.343. The van der Waals surface area contributed by atoms with Crippen molar-refractivity contribution in [1.29, 1.82) is 0 Å². The Balaban J connectivity index is 2.26. The Labute approximate surface area is 100 Å². The number of aromatic nitrogens is 2. The van der Waals surface area contributed by atoms with Gasteiger partial charge < -0.3 is 15.8 Å². The maximum Gasteiger partial charge on any atom is 0.173 e. The lowest BCUT2D eigenvalue weighted by molar-refractivity contribution is 0.318. The average Bonchev–Trinajstić information content (AvgIpc) is 2.39. The summed E-state index contributed by atoms with van der Waals surface area (Å²) in [7, 11) is 0. The van der Waals surface area contributed by atoms with Gasteiger partial charge in [0.25, 0.3) is 0 Å². The number of nitrogens with zero attached hydrogens (tertiary/aromatic N) is 4. The van der Waals surface area contributed by atoms with Gasteiger partial charge in [-0.3, -0.25) is 0 Å². The first-order chi connectivity index (χ1) is 8.22. The van der Waals surface area contributed by atoms with Crippen molar-refractivity contribution in [2.75, 3.05) is 18.0 Å². The highest BCUT2D eigenvalue weighted by Gasteiger charge is 2.20. The van der Waals surface area contributed by atoms with Crippen LogP contribution in [-0.4, -0.2) is 34.3 Å². The predicted molar refractivity (Wildman–Crippen MR) is 65.2 cm³/mol. The maximum atomic E-state index is 8.75. The van der Waals surface area contributed by atoms with Crippen molar-refractivity contribution < 1.29 is 5.21 Å². The summed E-state index contributed by atoms with van der Waals surface area (Å²) < 4.78 is 0. The molecular formula is C11H17N5O. The fourth-order valence-corrected chi connectivity index (χ4v) is 2.03. The van der Waals surface area contributed by atoms with E-state index in [2.05, 4.69) is 27.2 Å². The molecule has 0 bridgehead atoms. The molecule has 2 rings (SSSR count). The van der Waals surface area contributed by atoms with Gasteiger partial charge in [0.15, 0.2) is 11.7 Å². The first-order valence-electron chi connectivity index (χ1n) is 5.77. The van der Waals surface area contributed by atoms with Crippen molar-refractivity contribution in [1.82, 2.24) is 10.2 Å². The van der Waals surface area contributed by atoms with Gasteiger partial charge in [-0.25, -0.2) is 0 Å². The number of piperidine rings is 1. The van der Waals surface area contributed by atoms with Crippen molar-refractivity contribution in [2.24, 2.45) is 16.8 Å². The number of amidine groups is 1. The van der Waals surface area contributed by atoms with Crippen LogP contribution in [0, 0.1) is 5.92 Å². The highest BCUT2D eigenvalue weighted by Crippen LogP contribution is 2.23. The molecule has 0 aromatic carbocycles. The van der Waals surface area contributed by atoms with Crippen LogP contribution in [-0.2, 0) is 0 Å². The summed E-state index contributed by atoms with van der Waals surface area (Å²) in [4.78, 5) is 2.14. The average molecular weight is 235 g/mol. The molecule has 1 saturated heterocycles. The normalized spacial score (nSPS) is 18.4. The van der Waals surface area contributed by atoms with E-state index in [0.29, 0.717) is 11.4 Å². The van der Waals surface area contributed by atoms with Crippen LogP contribution in [0.1, 0.15) is 25.3 Å². The van der Waals surface area contributed by atoms with E-state index in [1.807, 2.05) is 0 Å². The first kappa shape index (κ1) is 11.6. The van der Waals surface area contributed by atoms with Crippen LogP contribution in [0.5, 0.6) is 0 Å². The van der Waals surface area contributed by atoms with E-state index in [4.69, 9.17) is 10.9 Å². The Morgan fingerprint density at radius 2 is 2.24 bits per heavy atom. The van der Waals surface area contributed by atoms with E-state index in [1.54, 1.807) is 12.3 Å². The van der Waals surface area contributed by atoms with Crippen LogP contribution in [0.3, 0.4) is 0 Å². The van der Waals surface area contributed by atoms with Crippen LogP contribution in [0.15, 0.2) is 17.4 Å². The summed E-state index contributed by atoms with van der Waals surface area (Å²) in [5.74, 6) is 1.53. The molecule has 0 unspecified atom stereocenters. The molecule has 0 radical (unpaired) electrons. The zero-order chi connectivity index (χ0) is 12.3. The monoisotopic (exact) mass is 235 g/mol. The molecular weight excluding hydrogens is 218 g/mol. The largest absolute Gasteiger partial charge is 0.409 e. The Kier molecular flexibility index (Phi) is 3.41. The van der Waals surface area contributed by atoms with Gasteiger partial charge in [0.2, 0.25) is 0 Å². The maximum absolute atomic E-state index is 8.75. The van der Waals surface area contributed by atoms with Crippen LogP contribution < -0.4 is 10.6 Å². The van der Waals surface area contributed by atoms with Gasteiger partial charge in [-0.2, -0.15) is 5.10 Å². The fraction of sp³-hybridized carbons (Fsp3) is 0.545. The highest BCUT2D eigenvalue weighted by molar-refractivity contribution is 6.01. The Bertz CT molecular complexity index is 412. The smallest absolute Gasteiger partial charge is 0.173 e. The second-order valence-corrected chi connectivity index (χ2v) is 4.42. The molecule has 17 heavy (non-hydrogen) atoms. The zero-order valence-corrected chi connectivity index (χ0v) is 9.87. The second-order valence-electron chi connectivity index (χ2n) is 4.42. The van der Waals surface area contributed by atoms with E-state index in [0.717, 1.165) is 31.8 Å². The van der Waals surface area contributed by atoms with Crippen molar-refractivity contribution >= 4 is 11.7 Å².